The Kier molecular flexibility index (Phi) is 16.2. The van der Waals surface area contributed by atoms with Crippen molar-refractivity contribution < 1.29 is 9.84 Å². The second kappa shape index (κ2) is 16.3. The van der Waals surface area contributed by atoms with Gasteiger partial charge in [-0.05, 0) is 19.8 Å². The lowest BCUT2D eigenvalue weighted by Gasteiger charge is -2.18. The van der Waals surface area contributed by atoms with Gasteiger partial charge in [0, 0.05) is 0 Å². The molecule has 0 aromatic rings. The van der Waals surface area contributed by atoms with E-state index >= 15 is 0 Å². The summed E-state index contributed by atoms with van der Waals surface area (Å²) in [6, 6.07) is 0. The molecule has 0 spiro atoms. The predicted octanol–water partition coefficient (Wildman–Crippen LogP) is 6.30. The van der Waals surface area contributed by atoms with Crippen molar-refractivity contribution in [1.82, 2.24) is 0 Å². The third kappa shape index (κ3) is 16.1. The van der Waals surface area contributed by atoms with E-state index < -0.39 is 6.10 Å². The molecule has 1 radical (unpaired) electrons. The lowest BCUT2D eigenvalue weighted by molar-refractivity contribution is -0.0351. The fraction of sp³-hybridized carbons (Fsp3) is 1.00. The molecule has 0 amide bonds. The van der Waals surface area contributed by atoms with Crippen molar-refractivity contribution in [3.05, 3.63) is 0 Å². The van der Waals surface area contributed by atoms with Crippen LogP contribution in [0.1, 0.15) is 104 Å². The van der Waals surface area contributed by atoms with Crippen molar-refractivity contribution in [1.29, 1.82) is 0 Å². The molecule has 0 aliphatic carbocycles. The van der Waals surface area contributed by atoms with Gasteiger partial charge in [-0.15, -0.1) is 0 Å². The second-order valence-corrected chi connectivity index (χ2v) is 6.53. The first-order chi connectivity index (χ1) is 10.2. The zero-order valence-corrected chi connectivity index (χ0v) is 14.9. The summed E-state index contributed by atoms with van der Waals surface area (Å²) in [5.41, 5.74) is 0. The molecule has 2 unspecified atom stereocenters. The van der Waals surface area contributed by atoms with Crippen LogP contribution >= 0.6 is 0 Å². The Morgan fingerprint density at radius 3 is 1.62 bits per heavy atom. The van der Waals surface area contributed by atoms with E-state index in [-0.39, 0.29) is 0 Å². The van der Waals surface area contributed by atoms with Gasteiger partial charge in [-0.3, -0.25) is 0 Å². The SMILES string of the molecule is CCCCCCCCCC(CCCCCC)OCC(C)[O]. The van der Waals surface area contributed by atoms with Crippen LogP contribution in [0.4, 0.5) is 0 Å². The molecule has 2 nitrogen and oxygen atoms in total. The number of hydrogen-bond donors (Lipinski definition) is 0. The van der Waals surface area contributed by atoms with Crippen LogP contribution in [-0.4, -0.2) is 18.8 Å². The number of hydrogen-bond acceptors (Lipinski definition) is 1. The summed E-state index contributed by atoms with van der Waals surface area (Å²) in [6.07, 6.45) is 16.6. The third-order valence-electron chi connectivity index (χ3n) is 4.08. The fourth-order valence-corrected chi connectivity index (χ4v) is 2.71. The number of unbranched alkanes of at least 4 members (excludes halogenated alkanes) is 9. The monoisotopic (exact) mass is 299 g/mol. The van der Waals surface area contributed by atoms with E-state index in [0.717, 1.165) is 12.8 Å². The largest absolute Gasteiger partial charge is 0.375 e. The number of rotatable bonds is 16. The van der Waals surface area contributed by atoms with Crippen LogP contribution in [0.2, 0.25) is 0 Å². The van der Waals surface area contributed by atoms with Gasteiger partial charge < -0.3 is 4.74 Å². The van der Waals surface area contributed by atoms with Gasteiger partial charge >= 0.3 is 0 Å². The molecule has 0 aromatic carbocycles. The zero-order chi connectivity index (χ0) is 15.8. The lowest BCUT2D eigenvalue weighted by atomic mass is 10.0. The van der Waals surface area contributed by atoms with Crippen LogP contribution < -0.4 is 0 Å². The summed E-state index contributed by atoms with van der Waals surface area (Å²) in [5.74, 6) is 0. The third-order valence-corrected chi connectivity index (χ3v) is 4.08. The zero-order valence-electron chi connectivity index (χ0n) is 14.9. The highest BCUT2D eigenvalue weighted by Crippen LogP contribution is 2.16. The highest BCUT2D eigenvalue weighted by atomic mass is 16.5. The lowest BCUT2D eigenvalue weighted by Crippen LogP contribution is -2.19. The average Bonchev–Trinajstić information content (AvgIpc) is 2.47. The molecule has 0 saturated heterocycles. The Hall–Kier alpha value is -0.0800. The van der Waals surface area contributed by atoms with Gasteiger partial charge in [0.2, 0.25) is 0 Å². The Bertz CT molecular complexity index is 192. The molecule has 2 heteroatoms. The van der Waals surface area contributed by atoms with E-state index in [0.29, 0.717) is 12.7 Å². The summed E-state index contributed by atoms with van der Waals surface area (Å²) in [6.45, 7) is 6.58. The summed E-state index contributed by atoms with van der Waals surface area (Å²) < 4.78 is 5.82. The van der Waals surface area contributed by atoms with E-state index in [2.05, 4.69) is 13.8 Å². The molecule has 0 aromatic heterocycles. The summed E-state index contributed by atoms with van der Waals surface area (Å²) in [4.78, 5) is 0. The smallest absolute Gasteiger partial charge is 0.113 e. The van der Waals surface area contributed by atoms with Crippen LogP contribution in [-0.2, 0) is 9.84 Å². The molecule has 0 bridgehead atoms. The Labute approximate surface area is 133 Å². The minimum absolute atomic E-state index is 0.328. The molecule has 0 heterocycles. The summed E-state index contributed by atoms with van der Waals surface area (Å²) in [7, 11) is 0. The molecule has 0 N–H and O–H groups in total. The van der Waals surface area contributed by atoms with Crippen LogP contribution in [0.3, 0.4) is 0 Å². The Morgan fingerprint density at radius 1 is 0.714 bits per heavy atom. The van der Waals surface area contributed by atoms with Crippen molar-refractivity contribution in [3.8, 4) is 0 Å². The van der Waals surface area contributed by atoms with E-state index in [1.54, 1.807) is 6.92 Å². The Balaban J connectivity index is 3.66. The summed E-state index contributed by atoms with van der Waals surface area (Å²) in [5, 5.41) is 11.2. The molecular formula is C19H39O2. The van der Waals surface area contributed by atoms with E-state index in [9.17, 15) is 5.11 Å². The minimum Gasteiger partial charge on any atom is -0.375 e. The molecule has 0 aliphatic heterocycles. The molecule has 21 heavy (non-hydrogen) atoms. The van der Waals surface area contributed by atoms with Crippen molar-refractivity contribution in [2.45, 2.75) is 116 Å². The highest BCUT2D eigenvalue weighted by Gasteiger charge is 2.10. The summed E-state index contributed by atoms with van der Waals surface area (Å²) >= 11 is 0. The number of ether oxygens (including phenoxy) is 1. The average molecular weight is 300 g/mol. The first-order valence-electron chi connectivity index (χ1n) is 9.48. The maximum Gasteiger partial charge on any atom is 0.113 e. The maximum atomic E-state index is 11.2. The van der Waals surface area contributed by atoms with Crippen LogP contribution in [0.5, 0.6) is 0 Å². The Morgan fingerprint density at radius 2 is 1.14 bits per heavy atom. The molecule has 0 aliphatic rings. The molecule has 0 fully saturated rings. The highest BCUT2D eigenvalue weighted by molar-refractivity contribution is 4.61. The normalized spacial score (nSPS) is 14.3. The molecular weight excluding hydrogens is 260 g/mol. The topological polar surface area (TPSA) is 29.1 Å². The van der Waals surface area contributed by atoms with Crippen LogP contribution in [0.25, 0.3) is 0 Å². The van der Waals surface area contributed by atoms with Crippen molar-refractivity contribution in [2.24, 2.45) is 0 Å². The van der Waals surface area contributed by atoms with Crippen LogP contribution in [0.15, 0.2) is 0 Å². The molecule has 2 atom stereocenters. The molecule has 0 rings (SSSR count). The van der Waals surface area contributed by atoms with E-state index in [1.807, 2.05) is 0 Å². The van der Waals surface area contributed by atoms with Crippen molar-refractivity contribution in [2.75, 3.05) is 6.61 Å². The maximum absolute atomic E-state index is 11.2. The van der Waals surface area contributed by atoms with Gasteiger partial charge in [-0.25, -0.2) is 5.11 Å². The van der Waals surface area contributed by atoms with Gasteiger partial charge in [0.1, 0.15) is 6.10 Å². The first-order valence-corrected chi connectivity index (χ1v) is 9.48. The first kappa shape index (κ1) is 20.9. The fourth-order valence-electron chi connectivity index (χ4n) is 2.71. The predicted molar refractivity (Wildman–Crippen MR) is 91.3 cm³/mol. The molecule has 0 saturated carbocycles. The van der Waals surface area contributed by atoms with Gasteiger partial charge in [0.05, 0.1) is 12.7 Å². The standard InChI is InChI=1S/C19H39O2/c1-4-6-8-10-11-12-14-16-19(21-17-18(3)20)15-13-9-7-5-2/h18-19H,4-17H2,1-3H3. The minimum atomic E-state index is -0.586. The second-order valence-electron chi connectivity index (χ2n) is 6.53. The van der Waals surface area contributed by atoms with Crippen LogP contribution in [0, 0.1) is 0 Å². The van der Waals surface area contributed by atoms with Gasteiger partial charge in [0.25, 0.3) is 0 Å². The van der Waals surface area contributed by atoms with Gasteiger partial charge in [-0.1, -0.05) is 84.5 Å². The van der Waals surface area contributed by atoms with Crippen molar-refractivity contribution in [3.63, 3.8) is 0 Å². The quantitative estimate of drug-likeness (QED) is 0.307. The van der Waals surface area contributed by atoms with Gasteiger partial charge in [0.15, 0.2) is 0 Å². The van der Waals surface area contributed by atoms with E-state index in [1.165, 1.54) is 70.6 Å². The van der Waals surface area contributed by atoms with Gasteiger partial charge in [-0.2, -0.15) is 0 Å². The van der Waals surface area contributed by atoms with Crippen molar-refractivity contribution >= 4 is 0 Å². The molecule has 127 valence electrons. The van der Waals surface area contributed by atoms with E-state index in [4.69, 9.17) is 4.74 Å².